The molecule has 4 aromatic carbocycles. The zero-order chi connectivity index (χ0) is 47.0. The summed E-state index contributed by atoms with van der Waals surface area (Å²) < 4.78 is 0. The fourth-order valence-corrected chi connectivity index (χ4v) is 9.10. The van der Waals surface area contributed by atoms with Gasteiger partial charge in [0.05, 0.1) is 5.69 Å². The van der Waals surface area contributed by atoms with Crippen LogP contribution in [0.3, 0.4) is 0 Å². The van der Waals surface area contributed by atoms with Gasteiger partial charge in [0.1, 0.15) is 11.7 Å². The lowest BCUT2D eigenvalue weighted by molar-refractivity contribution is -0.137. The number of hydrogen-bond acceptors (Lipinski definition) is 10. The van der Waals surface area contributed by atoms with Crippen molar-refractivity contribution in [1.82, 2.24) is 25.2 Å². The lowest BCUT2D eigenvalue weighted by Gasteiger charge is -2.32. The van der Waals surface area contributed by atoms with E-state index in [-0.39, 0.29) is 47.8 Å². The Morgan fingerprint density at radius 3 is 2.30 bits per heavy atom. The molecule has 3 aliphatic heterocycles. The molecule has 0 unspecified atom stereocenters. The highest BCUT2D eigenvalue weighted by molar-refractivity contribution is 6.19. The second kappa shape index (κ2) is 21.4. The number of aromatic nitrogens is 1. The van der Waals surface area contributed by atoms with Gasteiger partial charge < -0.3 is 41.3 Å². The minimum absolute atomic E-state index is 0.0720. The second-order valence-electron chi connectivity index (χ2n) is 17.3. The molecule has 0 saturated carbocycles. The Kier molecular flexibility index (Phi) is 15.0. The Balaban J connectivity index is 0.880. The predicted molar refractivity (Wildman–Crippen MR) is 259 cm³/mol. The monoisotopic (exact) mass is 929 g/mol. The normalized spacial score (nSPS) is 16.7. The largest absolute Gasteiger partial charge is 0.405 e. The number of benzene rings is 4. The number of hydroxylamine groups is 2. The molecule has 17 heteroatoms. The van der Waals surface area contributed by atoms with E-state index in [1.54, 1.807) is 47.4 Å². The third-order valence-electron chi connectivity index (χ3n) is 12.6. The van der Waals surface area contributed by atoms with Gasteiger partial charge in [0.2, 0.25) is 11.8 Å². The van der Waals surface area contributed by atoms with Crippen LogP contribution in [0.2, 0.25) is 0 Å². The fourth-order valence-electron chi connectivity index (χ4n) is 8.85. The number of anilines is 3. The van der Waals surface area contributed by atoms with E-state index in [9.17, 15) is 28.8 Å². The van der Waals surface area contributed by atoms with Crippen LogP contribution >= 0.6 is 11.6 Å². The number of nitrogens with zero attached hydrogens (tertiary/aromatic N) is 4. The molecule has 1 fully saturated rings. The fraction of sp³-hybridized carbons (Fsp3) is 0.360. The van der Waals surface area contributed by atoms with Crippen LogP contribution in [0.25, 0.3) is 21.7 Å². The number of aromatic amines is 1. The Bertz CT molecular complexity index is 2680. The average Bonchev–Trinajstić information content (AvgIpc) is 4.03. The number of nitrogens with two attached hydrogens (primary N) is 1. The van der Waals surface area contributed by atoms with Crippen LogP contribution in [0.4, 0.5) is 17.1 Å². The van der Waals surface area contributed by atoms with Crippen LogP contribution < -0.4 is 31.4 Å². The molecule has 16 nitrogen and oxygen atoms in total. The molecule has 67 heavy (non-hydrogen) atoms. The number of piperazine rings is 1. The molecule has 5 aromatic rings. The highest BCUT2D eigenvalue weighted by Crippen LogP contribution is 2.46. The first-order valence-electron chi connectivity index (χ1n) is 22.9. The molecule has 0 bridgehead atoms. The van der Waals surface area contributed by atoms with Gasteiger partial charge in [-0.15, -0.1) is 16.7 Å². The smallest absolute Gasteiger partial charge is 0.274 e. The summed E-state index contributed by atoms with van der Waals surface area (Å²) in [6.45, 7) is 4.49. The van der Waals surface area contributed by atoms with Gasteiger partial charge in [-0.1, -0.05) is 30.7 Å². The van der Waals surface area contributed by atoms with Crippen molar-refractivity contribution in [2.45, 2.75) is 56.9 Å². The molecule has 350 valence electrons. The molecule has 0 radical (unpaired) electrons. The third-order valence-corrected chi connectivity index (χ3v) is 12.9. The number of carbonyl (C=O) groups is 6. The van der Waals surface area contributed by atoms with Crippen molar-refractivity contribution in [2.24, 2.45) is 5.73 Å². The summed E-state index contributed by atoms with van der Waals surface area (Å²) in [7, 11) is 2.10. The second-order valence-corrected chi connectivity index (χ2v) is 17.6. The number of H-pyrrole nitrogens is 1. The molecule has 1 saturated heterocycles. The maximum atomic E-state index is 14.4. The minimum atomic E-state index is -0.791. The molecule has 0 spiro atoms. The van der Waals surface area contributed by atoms with Crippen LogP contribution in [0.15, 0.2) is 91.0 Å². The topological polar surface area (TPSA) is 203 Å². The molecule has 0 aliphatic carbocycles. The van der Waals surface area contributed by atoms with Crippen molar-refractivity contribution in [2.75, 3.05) is 74.3 Å². The molecule has 6 N–H and O–H groups in total. The van der Waals surface area contributed by atoms with Gasteiger partial charge in [-0.05, 0) is 105 Å². The van der Waals surface area contributed by atoms with Gasteiger partial charge >= 0.3 is 0 Å². The zero-order valence-corrected chi connectivity index (χ0v) is 38.3. The number of halogens is 1. The van der Waals surface area contributed by atoms with Gasteiger partial charge in [-0.25, -0.2) is 0 Å². The van der Waals surface area contributed by atoms with E-state index in [0.29, 0.717) is 92.4 Å². The first-order valence-corrected chi connectivity index (χ1v) is 23.5. The van der Waals surface area contributed by atoms with Crippen molar-refractivity contribution in [3.63, 3.8) is 0 Å². The standard InChI is InChI=1S/C50H56ClN9O7/c1-57-23-25-58(26-24-57)67-43-29-42-47(38-10-5-4-9-37(38)43)34(30-51)31-60(42)50(66)41-28-33-27-36(17-18-39(33)55-41)54-48(64)32-13-15-35(16-14-32)53-49(65)40(11-6-7-21-52)56-44(61)12-3-2-8-22-59-45(62)19-20-46(59)63/h4-5,9-10,13-20,27-29,34,40,55H,2-3,6-8,11-12,21-26,30-31,52H2,1H3,(H,53,65)(H,54,64)(H,56,61)/t34-,40+/m1/s1. The van der Waals surface area contributed by atoms with Crippen molar-refractivity contribution in [3.8, 4) is 5.75 Å². The number of nitrogens with one attached hydrogen (secondary N) is 4. The number of amides is 6. The zero-order valence-electron chi connectivity index (χ0n) is 37.5. The quantitative estimate of drug-likeness (QED) is 0.0364. The maximum Gasteiger partial charge on any atom is 0.274 e. The number of rotatable bonds is 19. The van der Waals surface area contributed by atoms with Crippen LogP contribution in [0.1, 0.15) is 77.3 Å². The molecule has 4 heterocycles. The molecule has 3 aliphatic rings. The van der Waals surface area contributed by atoms with Gasteiger partial charge in [-0.2, -0.15) is 0 Å². The SMILES string of the molecule is CN1CCN(Oc2cc3c(c4ccccc24)[C@H](CCl)CN3C(=O)c2cc3cc(NC(=O)c4ccc(NC(=O)[C@H](CCCCN)NC(=O)CCCCCN5C(=O)C=CC5=O)cc4)ccc3[nH]2)CC1. The number of alkyl halides is 1. The lowest BCUT2D eigenvalue weighted by Crippen LogP contribution is -2.45. The van der Waals surface area contributed by atoms with E-state index in [0.717, 1.165) is 59.1 Å². The van der Waals surface area contributed by atoms with Crippen LogP contribution in [-0.2, 0) is 19.2 Å². The van der Waals surface area contributed by atoms with E-state index in [1.807, 2.05) is 35.4 Å². The van der Waals surface area contributed by atoms with Gasteiger partial charge in [0.15, 0.2) is 5.75 Å². The van der Waals surface area contributed by atoms with E-state index in [2.05, 4.69) is 38.9 Å². The molecule has 8 rings (SSSR count). The Labute approximate surface area is 393 Å². The van der Waals surface area contributed by atoms with E-state index < -0.39 is 6.04 Å². The number of hydrogen-bond donors (Lipinski definition) is 5. The van der Waals surface area contributed by atoms with Crippen molar-refractivity contribution < 1.29 is 33.6 Å². The van der Waals surface area contributed by atoms with Gasteiger partial charge in [0.25, 0.3) is 23.6 Å². The molecule has 2 atom stereocenters. The first-order chi connectivity index (χ1) is 32.5. The predicted octanol–water partition coefficient (Wildman–Crippen LogP) is 6.14. The van der Waals surface area contributed by atoms with E-state index in [4.69, 9.17) is 22.2 Å². The average molecular weight is 931 g/mol. The van der Waals surface area contributed by atoms with Gasteiger partial charge in [-0.3, -0.25) is 33.7 Å². The first kappa shape index (κ1) is 46.9. The summed E-state index contributed by atoms with van der Waals surface area (Å²) >= 11 is 6.57. The van der Waals surface area contributed by atoms with Crippen LogP contribution in [-0.4, -0.2) is 120 Å². The number of imide groups is 1. The van der Waals surface area contributed by atoms with Crippen molar-refractivity contribution >= 4 is 85.8 Å². The summed E-state index contributed by atoms with van der Waals surface area (Å²) in [6.07, 6.45) is 6.16. The van der Waals surface area contributed by atoms with Crippen molar-refractivity contribution in [3.05, 3.63) is 108 Å². The highest BCUT2D eigenvalue weighted by Gasteiger charge is 2.36. The Morgan fingerprint density at radius 2 is 1.57 bits per heavy atom. The summed E-state index contributed by atoms with van der Waals surface area (Å²) in [5.74, 6) is -0.917. The Hall–Kier alpha value is -6.59. The summed E-state index contributed by atoms with van der Waals surface area (Å²) in [4.78, 5) is 92.5. The number of unbranched alkanes of at least 4 members (excludes halogenated alkanes) is 3. The summed E-state index contributed by atoms with van der Waals surface area (Å²) in [5.41, 5.74) is 9.96. The number of carbonyl (C=O) groups excluding carboxylic acids is 6. The molecular weight excluding hydrogens is 874 g/mol. The van der Waals surface area contributed by atoms with Crippen LogP contribution in [0, 0.1) is 0 Å². The molecule has 1 aromatic heterocycles. The maximum absolute atomic E-state index is 14.4. The third kappa shape index (κ3) is 11.0. The minimum Gasteiger partial charge on any atom is -0.405 e. The number of likely N-dealkylation sites (N-methyl/N-ethyl adjacent to an activating group) is 1. The highest BCUT2D eigenvalue weighted by atomic mass is 35.5. The van der Waals surface area contributed by atoms with E-state index >= 15 is 0 Å². The van der Waals surface area contributed by atoms with Crippen molar-refractivity contribution in [1.29, 1.82) is 0 Å². The summed E-state index contributed by atoms with van der Waals surface area (Å²) in [5, 5.41) is 13.3. The lowest BCUT2D eigenvalue weighted by atomic mass is 9.95. The molecule has 6 amide bonds. The van der Waals surface area contributed by atoms with Crippen LogP contribution in [0.5, 0.6) is 5.75 Å². The molecular formula is C50H56ClN9O7. The van der Waals surface area contributed by atoms with Gasteiger partial charge in [0, 0.05) is 109 Å². The number of fused-ring (bicyclic) bond motifs is 4. The van der Waals surface area contributed by atoms with E-state index in [1.165, 1.54) is 17.1 Å². The summed E-state index contributed by atoms with van der Waals surface area (Å²) in [6, 6.07) is 22.9. The Morgan fingerprint density at radius 1 is 0.836 bits per heavy atom.